The van der Waals surface area contributed by atoms with E-state index in [0.29, 0.717) is 23.9 Å². The number of halogens is 2. The lowest BCUT2D eigenvalue weighted by atomic mass is 10.1. The fourth-order valence-corrected chi connectivity index (χ4v) is 2.24. The molecule has 0 aromatic carbocycles. The molecule has 1 aliphatic rings. The molecule has 0 spiro atoms. The Kier molecular flexibility index (Phi) is 2.47. The molecule has 21 heavy (non-hydrogen) atoms. The van der Waals surface area contributed by atoms with Gasteiger partial charge in [0.25, 0.3) is 0 Å². The number of rotatable bonds is 1. The van der Waals surface area contributed by atoms with Crippen LogP contribution in [0.2, 0.25) is 0 Å². The van der Waals surface area contributed by atoms with E-state index in [4.69, 9.17) is 4.74 Å². The van der Waals surface area contributed by atoms with Gasteiger partial charge >= 0.3 is 0 Å². The highest BCUT2D eigenvalue weighted by molar-refractivity contribution is 5.69. The fourth-order valence-electron chi connectivity index (χ4n) is 2.24. The van der Waals surface area contributed by atoms with Crippen molar-refractivity contribution >= 4 is 0 Å². The maximum Gasteiger partial charge on any atom is 0.249 e. The number of ether oxygens (including phenoxy) is 1. The molecule has 0 amide bonds. The van der Waals surface area contributed by atoms with Crippen molar-refractivity contribution in [2.75, 3.05) is 0 Å². The second kappa shape index (κ2) is 4.34. The standard InChI is InChI=1S/C14H8F2N4O/c15-11-4-9(5-18-13(11)16)20-6-8-7-21-14-10(12(8)19-20)2-1-3-17-14/h1-6H,7H2. The van der Waals surface area contributed by atoms with Crippen LogP contribution >= 0.6 is 0 Å². The highest BCUT2D eigenvalue weighted by Crippen LogP contribution is 2.34. The maximum absolute atomic E-state index is 13.3. The normalized spacial score (nSPS) is 12.5. The van der Waals surface area contributed by atoms with Crippen LogP contribution in [0, 0.1) is 11.8 Å². The van der Waals surface area contributed by atoms with Gasteiger partial charge in [0.2, 0.25) is 11.8 Å². The van der Waals surface area contributed by atoms with Crippen LogP contribution in [-0.2, 0) is 6.61 Å². The number of hydrogen-bond donors (Lipinski definition) is 0. The van der Waals surface area contributed by atoms with Crippen molar-refractivity contribution in [1.29, 1.82) is 0 Å². The van der Waals surface area contributed by atoms with Gasteiger partial charge < -0.3 is 4.74 Å². The molecule has 5 nitrogen and oxygen atoms in total. The largest absolute Gasteiger partial charge is 0.472 e. The van der Waals surface area contributed by atoms with Gasteiger partial charge in [0, 0.05) is 24.0 Å². The van der Waals surface area contributed by atoms with Crippen molar-refractivity contribution < 1.29 is 13.5 Å². The molecule has 0 atom stereocenters. The quantitative estimate of drug-likeness (QED) is 0.645. The number of aromatic nitrogens is 4. The van der Waals surface area contributed by atoms with Gasteiger partial charge in [-0.3, -0.25) is 0 Å². The molecule has 4 rings (SSSR count). The zero-order valence-corrected chi connectivity index (χ0v) is 10.6. The van der Waals surface area contributed by atoms with Gasteiger partial charge in [-0.05, 0) is 12.1 Å². The van der Waals surface area contributed by atoms with Gasteiger partial charge in [0.1, 0.15) is 12.3 Å². The molecule has 0 unspecified atom stereocenters. The molecular weight excluding hydrogens is 278 g/mol. The maximum atomic E-state index is 13.3. The zero-order chi connectivity index (χ0) is 14.4. The van der Waals surface area contributed by atoms with Gasteiger partial charge in [0.05, 0.1) is 17.4 Å². The first-order valence-corrected chi connectivity index (χ1v) is 6.20. The SMILES string of the molecule is Fc1cc(-n2cc3c(n2)-c2cccnc2OC3)cnc1F. The van der Waals surface area contributed by atoms with Gasteiger partial charge in [0.15, 0.2) is 5.82 Å². The number of nitrogens with zero attached hydrogens (tertiary/aromatic N) is 4. The first-order chi connectivity index (χ1) is 10.2. The third kappa shape index (κ3) is 1.85. The Balaban J connectivity index is 1.84. The molecule has 0 saturated carbocycles. The molecule has 3 aromatic heterocycles. The summed E-state index contributed by atoms with van der Waals surface area (Å²) < 4.78 is 33.1. The molecule has 0 saturated heterocycles. The van der Waals surface area contributed by atoms with Gasteiger partial charge in [-0.2, -0.15) is 9.49 Å². The number of pyridine rings is 2. The molecule has 3 aromatic rings. The Labute approximate surface area is 117 Å². The Bertz CT molecular complexity index is 847. The molecular formula is C14H8F2N4O. The Morgan fingerprint density at radius 1 is 1.24 bits per heavy atom. The lowest BCUT2D eigenvalue weighted by Crippen LogP contribution is -2.05. The average molecular weight is 286 g/mol. The number of hydrogen-bond acceptors (Lipinski definition) is 4. The summed E-state index contributed by atoms with van der Waals surface area (Å²) in [5, 5.41) is 4.40. The van der Waals surface area contributed by atoms with Crippen LogP contribution in [0.15, 0.2) is 36.8 Å². The van der Waals surface area contributed by atoms with Crippen molar-refractivity contribution in [3.8, 4) is 22.8 Å². The van der Waals surface area contributed by atoms with E-state index in [1.165, 1.54) is 10.9 Å². The second-order valence-corrected chi connectivity index (χ2v) is 4.56. The summed E-state index contributed by atoms with van der Waals surface area (Å²) >= 11 is 0. The summed E-state index contributed by atoms with van der Waals surface area (Å²) in [6.07, 6.45) is 4.57. The molecule has 104 valence electrons. The molecule has 0 N–H and O–H groups in total. The first kappa shape index (κ1) is 12.0. The van der Waals surface area contributed by atoms with Crippen LogP contribution in [0.5, 0.6) is 5.88 Å². The van der Waals surface area contributed by atoms with E-state index in [-0.39, 0.29) is 0 Å². The fraction of sp³-hybridized carbons (Fsp3) is 0.0714. The predicted octanol–water partition coefficient (Wildman–Crippen LogP) is 2.50. The van der Waals surface area contributed by atoms with E-state index >= 15 is 0 Å². The molecule has 0 radical (unpaired) electrons. The van der Waals surface area contributed by atoms with Crippen molar-refractivity contribution in [2.45, 2.75) is 6.61 Å². The van der Waals surface area contributed by atoms with E-state index in [2.05, 4.69) is 15.1 Å². The van der Waals surface area contributed by atoms with Gasteiger partial charge in [-0.25, -0.2) is 19.0 Å². The van der Waals surface area contributed by atoms with E-state index < -0.39 is 11.8 Å². The minimum absolute atomic E-state index is 0.330. The Morgan fingerprint density at radius 3 is 3.00 bits per heavy atom. The Morgan fingerprint density at radius 2 is 2.14 bits per heavy atom. The first-order valence-electron chi connectivity index (χ1n) is 6.20. The topological polar surface area (TPSA) is 52.8 Å². The number of fused-ring (bicyclic) bond motifs is 3. The van der Waals surface area contributed by atoms with Crippen molar-refractivity contribution in [3.05, 3.63) is 54.1 Å². The highest BCUT2D eigenvalue weighted by atomic mass is 19.2. The monoisotopic (exact) mass is 286 g/mol. The lowest BCUT2D eigenvalue weighted by molar-refractivity contribution is 0.290. The lowest BCUT2D eigenvalue weighted by Gasteiger charge is -2.14. The molecule has 0 fully saturated rings. The molecule has 1 aliphatic heterocycles. The van der Waals surface area contributed by atoms with Gasteiger partial charge in [-0.15, -0.1) is 0 Å². The predicted molar refractivity (Wildman–Crippen MR) is 68.8 cm³/mol. The summed E-state index contributed by atoms with van der Waals surface area (Å²) in [6.45, 7) is 0.330. The minimum atomic E-state index is -1.13. The third-order valence-electron chi connectivity index (χ3n) is 3.23. The van der Waals surface area contributed by atoms with Gasteiger partial charge in [-0.1, -0.05) is 0 Å². The molecule has 7 heteroatoms. The summed E-state index contributed by atoms with van der Waals surface area (Å²) in [5.74, 6) is -1.63. The van der Waals surface area contributed by atoms with E-state index in [1.54, 1.807) is 18.5 Å². The van der Waals surface area contributed by atoms with Crippen LogP contribution in [0.1, 0.15) is 5.56 Å². The summed E-state index contributed by atoms with van der Waals surface area (Å²) in [7, 11) is 0. The van der Waals surface area contributed by atoms with Crippen LogP contribution in [0.3, 0.4) is 0 Å². The van der Waals surface area contributed by atoms with Crippen LogP contribution < -0.4 is 4.74 Å². The summed E-state index contributed by atoms with van der Waals surface area (Å²) in [6, 6.07) is 4.68. The zero-order valence-electron chi connectivity index (χ0n) is 10.6. The van der Waals surface area contributed by atoms with Crippen molar-refractivity contribution in [1.82, 2.24) is 19.7 Å². The molecule has 0 aliphatic carbocycles. The Hall–Kier alpha value is -2.83. The average Bonchev–Trinajstić information content (AvgIpc) is 2.94. The smallest absolute Gasteiger partial charge is 0.249 e. The van der Waals surface area contributed by atoms with E-state index in [9.17, 15) is 8.78 Å². The second-order valence-electron chi connectivity index (χ2n) is 4.56. The van der Waals surface area contributed by atoms with E-state index in [0.717, 1.165) is 17.2 Å². The van der Waals surface area contributed by atoms with Crippen molar-refractivity contribution in [2.24, 2.45) is 0 Å². The van der Waals surface area contributed by atoms with E-state index in [1.807, 2.05) is 6.07 Å². The molecule has 4 heterocycles. The van der Waals surface area contributed by atoms with Crippen molar-refractivity contribution in [3.63, 3.8) is 0 Å². The van der Waals surface area contributed by atoms with Crippen LogP contribution in [-0.4, -0.2) is 19.7 Å². The minimum Gasteiger partial charge on any atom is -0.472 e. The summed E-state index contributed by atoms with van der Waals surface area (Å²) in [5.41, 5.74) is 2.68. The van der Waals surface area contributed by atoms with Crippen LogP contribution in [0.4, 0.5) is 8.78 Å². The highest BCUT2D eigenvalue weighted by Gasteiger charge is 2.22. The molecule has 0 bridgehead atoms. The third-order valence-corrected chi connectivity index (χ3v) is 3.23. The van der Waals surface area contributed by atoms with Crippen LogP contribution in [0.25, 0.3) is 16.9 Å². The summed E-state index contributed by atoms with van der Waals surface area (Å²) in [4.78, 5) is 7.49.